The normalized spacial score (nSPS) is 10.7. The summed E-state index contributed by atoms with van der Waals surface area (Å²) in [5.74, 6) is -1.53. The molecule has 0 aromatic heterocycles. The third-order valence-electron chi connectivity index (χ3n) is 3.06. The summed E-state index contributed by atoms with van der Waals surface area (Å²) in [5.41, 5.74) is -0.0732. The average molecular weight is 348 g/mol. The first-order valence-corrected chi connectivity index (χ1v) is 7.44. The third kappa shape index (κ3) is 3.91. The largest absolute Gasteiger partial charge is 1.00 e. The van der Waals surface area contributed by atoms with Crippen LogP contribution in [0.3, 0.4) is 0 Å². The van der Waals surface area contributed by atoms with Gasteiger partial charge in [-0.25, -0.2) is 9.59 Å². The van der Waals surface area contributed by atoms with Gasteiger partial charge in [0.05, 0.1) is 30.2 Å². The molecule has 0 saturated heterocycles. The van der Waals surface area contributed by atoms with Crippen LogP contribution in [-0.2, 0) is 19.6 Å². The molecule has 1 N–H and O–H groups in total. The summed E-state index contributed by atoms with van der Waals surface area (Å²) in [4.78, 5) is 23.3. The fourth-order valence-corrected chi connectivity index (χ4v) is 2.64. The van der Waals surface area contributed by atoms with Gasteiger partial charge in [0.25, 0.3) is 10.1 Å². The maximum absolute atomic E-state index is 11.9. The van der Waals surface area contributed by atoms with Gasteiger partial charge in [-0.1, -0.05) is 12.1 Å². The number of carbonyl (C=O) groups excluding carboxylic acids is 2. The number of methoxy groups -OCH3 is 2. The Morgan fingerprint density at radius 2 is 1.61 bits per heavy atom. The maximum Gasteiger partial charge on any atom is 1.00 e. The number of hydrogen-bond acceptors (Lipinski definition) is 6. The van der Waals surface area contributed by atoms with Gasteiger partial charge in [0, 0.05) is 5.39 Å². The molecule has 118 valence electrons. The first-order chi connectivity index (χ1) is 10.3. The van der Waals surface area contributed by atoms with E-state index in [1.165, 1.54) is 25.3 Å². The van der Waals surface area contributed by atoms with E-state index in [0.717, 1.165) is 19.2 Å². The molecule has 0 aliphatic rings. The molecular formula is C14H13NaO7S. The minimum atomic E-state index is -4.52. The van der Waals surface area contributed by atoms with Crippen LogP contribution in [0.4, 0.5) is 0 Å². The van der Waals surface area contributed by atoms with Crippen molar-refractivity contribution in [2.75, 3.05) is 14.2 Å². The summed E-state index contributed by atoms with van der Waals surface area (Å²) < 4.78 is 41.1. The minimum absolute atomic E-state index is 0. The van der Waals surface area contributed by atoms with Crippen LogP contribution in [0, 0.1) is 0 Å². The zero-order valence-corrected chi connectivity index (χ0v) is 15.5. The van der Waals surface area contributed by atoms with Crippen LogP contribution in [0.25, 0.3) is 10.8 Å². The second kappa shape index (κ2) is 7.41. The molecule has 9 heteroatoms. The first kappa shape index (κ1) is 19.6. The number of rotatable bonds is 3. The van der Waals surface area contributed by atoms with Crippen molar-refractivity contribution in [2.24, 2.45) is 0 Å². The van der Waals surface area contributed by atoms with Crippen molar-refractivity contribution in [2.45, 2.75) is 4.90 Å². The molecule has 2 aromatic carbocycles. The molecule has 2 rings (SSSR count). The Morgan fingerprint density at radius 3 is 2.13 bits per heavy atom. The molecule has 0 unspecified atom stereocenters. The van der Waals surface area contributed by atoms with Crippen molar-refractivity contribution in [3.8, 4) is 0 Å². The fraction of sp³-hybridized carbons (Fsp3) is 0.143. The van der Waals surface area contributed by atoms with Crippen molar-refractivity contribution in [1.82, 2.24) is 0 Å². The monoisotopic (exact) mass is 348 g/mol. The second-order valence-electron chi connectivity index (χ2n) is 4.33. The van der Waals surface area contributed by atoms with Gasteiger partial charge in [-0.2, -0.15) is 8.42 Å². The Hall–Kier alpha value is -1.45. The molecular weight excluding hydrogens is 335 g/mol. The number of fused-ring (bicyclic) bond motifs is 1. The molecule has 2 aromatic rings. The first-order valence-electron chi connectivity index (χ1n) is 6.00. The van der Waals surface area contributed by atoms with Crippen LogP contribution in [0.15, 0.2) is 35.2 Å². The van der Waals surface area contributed by atoms with Crippen LogP contribution < -0.4 is 29.6 Å². The van der Waals surface area contributed by atoms with Crippen molar-refractivity contribution >= 4 is 32.8 Å². The molecule has 0 spiro atoms. The maximum atomic E-state index is 11.9. The zero-order valence-electron chi connectivity index (χ0n) is 13.7. The van der Waals surface area contributed by atoms with Gasteiger partial charge in [0.1, 0.15) is 0 Å². The number of carbonyl (C=O) groups is 2. The van der Waals surface area contributed by atoms with Crippen LogP contribution >= 0.6 is 0 Å². The van der Waals surface area contributed by atoms with Crippen molar-refractivity contribution in [1.29, 1.82) is 0 Å². The molecule has 0 aliphatic heterocycles. The summed E-state index contributed by atoms with van der Waals surface area (Å²) in [6.45, 7) is 0. The number of hydrogen-bond donors (Lipinski definition) is 1. The summed E-state index contributed by atoms with van der Waals surface area (Å²) in [6.07, 6.45) is 0. The van der Waals surface area contributed by atoms with E-state index in [-0.39, 0.29) is 52.9 Å². The Labute approximate surface area is 156 Å². The SMILES string of the molecule is COC(=O)c1cccc2cc(S(=O)(=O)O)cc(C(=O)OC)c12.[H-].[Na+]. The number of esters is 2. The Balaban J connectivity index is 0.00000264. The van der Waals surface area contributed by atoms with Crippen molar-refractivity contribution in [3.05, 3.63) is 41.5 Å². The van der Waals surface area contributed by atoms with Crippen LogP contribution in [0.5, 0.6) is 0 Å². The zero-order chi connectivity index (χ0) is 16.5. The fourth-order valence-electron chi connectivity index (χ4n) is 2.10. The molecule has 0 radical (unpaired) electrons. The second-order valence-corrected chi connectivity index (χ2v) is 5.75. The third-order valence-corrected chi connectivity index (χ3v) is 3.89. The van der Waals surface area contributed by atoms with E-state index in [9.17, 15) is 22.6 Å². The number of ether oxygens (including phenoxy) is 2. The van der Waals surface area contributed by atoms with E-state index in [1.807, 2.05) is 0 Å². The van der Waals surface area contributed by atoms with Gasteiger partial charge >= 0.3 is 41.5 Å². The van der Waals surface area contributed by atoms with Gasteiger partial charge in [0.2, 0.25) is 0 Å². The summed E-state index contributed by atoms with van der Waals surface area (Å²) in [5, 5.41) is 0.465. The topological polar surface area (TPSA) is 107 Å². The smallest absolute Gasteiger partial charge is 1.00 e. The van der Waals surface area contributed by atoms with Gasteiger partial charge in [-0.3, -0.25) is 4.55 Å². The van der Waals surface area contributed by atoms with Gasteiger partial charge in [-0.05, 0) is 23.6 Å². The van der Waals surface area contributed by atoms with Gasteiger partial charge < -0.3 is 10.9 Å². The molecule has 0 fully saturated rings. The molecule has 0 aliphatic carbocycles. The number of benzene rings is 2. The van der Waals surface area contributed by atoms with Gasteiger partial charge in [0.15, 0.2) is 0 Å². The molecule has 0 amide bonds. The Morgan fingerprint density at radius 1 is 1.04 bits per heavy atom. The summed E-state index contributed by atoms with van der Waals surface area (Å²) >= 11 is 0. The van der Waals surface area contributed by atoms with E-state index in [1.54, 1.807) is 0 Å². The molecule has 7 nitrogen and oxygen atoms in total. The van der Waals surface area contributed by atoms with Crippen molar-refractivity contribution in [3.63, 3.8) is 0 Å². The van der Waals surface area contributed by atoms with E-state index in [2.05, 4.69) is 9.47 Å². The predicted molar refractivity (Wildman–Crippen MR) is 77.6 cm³/mol. The summed E-state index contributed by atoms with van der Waals surface area (Å²) in [6, 6.07) is 6.56. The Bertz CT molecular complexity index is 880. The molecule has 0 saturated carbocycles. The van der Waals surface area contributed by atoms with Crippen LogP contribution in [0.2, 0.25) is 0 Å². The van der Waals surface area contributed by atoms with E-state index >= 15 is 0 Å². The quantitative estimate of drug-likeness (QED) is 0.421. The molecule has 0 bridgehead atoms. The van der Waals surface area contributed by atoms with E-state index in [4.69, 9.17) is 0 Å². The molecule has 23 heavy (non-hydrogen) atoms. The molecule has 0 heterocycles. The minimum Gasteiger partial charge on any atom is -1.00 e. The van der Waals surface area contributed by atoms with Crippen LogP contribution in [0.1, 0.15) is 22.1 Å². The molecule has 0 atom stereocenters. The van der Waals surface area contributed by atoms with E-state index in [0.29, 0.717) is 0 Å². The van der Waals surface area contributed by atoms with E-state index < -0.39 is 27.0 Å². The Kier molecular flexibility index (Phi) is 6.32. The van der Waals surface area contributed by atoms with Crippen LogP contribution in [-0.4, -0.2) is 39.1 Å². The summed E-state index contributed by atoms with van der Waals surface area (Å²) in [7, 11) is -2.22. The average Bonchev–Trinajstić information content (AvgIpc) is 2.50. The van der Waals surface area contributed by atoms with Gasteiger partial charge in [-0.15, -0.1) is 0 Å². The standard InChI is InChI=1S/C14H12O7S.Na.H/c1-20-13(15)10-5-3-4-8-6-9(22(17,18)19)7-11(12(8)10)14(16)21-2;;/h3-7H,1-2H3,(H,17,18,19);;/q;+1;-1. The predicted octanol–water partition coefficient (Wildman–Crippen LogP) is -1.22. The van der Waals surface area contributed by atoms with Crippen molar-refractivity contribution < 1.29 is 63.0 Å².